The quantitative estimate of drug-likeness (QED) is 0.694. The number of carbonyl (C=O) groups is 1. The minimum Gasteiger partial charge on any atom is -0.316 e. The summed E-state index contributed by atoms with van der Waals surface area (Å²) in [6.07, 6.45) is 0. The van der Waals surface area contributed by atoms with Gasteiger partial charge in [-0.15, -0.1) is 0 Å². The minimum atomic E-state index is -0.359. The SMILES string of the molecule is Cc1ccc(C(=O)Nc2c(-c3ccccc3)[nH][nH]c2=O)c(C)c1. The van der Waals surface area contributed by atoms with Crippen molar-refractivity contribution in [1.82, 2.24) is 10.2 Å². The van der Waals surface area contributed by atoms with Gasteiger partial charge in [0, 0.05) is 11.1 Å². The average Bonchev–Trinajstić information content (AvgIpc) is 2.89. The summed E-state index contributed by atoms with van der Waals surface area (Å²) in [6.45, 7) is 3.85. The van der Waals surface area contributed by atoms with Crippen molar-refractivity contribution in [1.29, 1.82) is 0 Å². The summed E-state index contributed by atoms with van der Waals surface area (Å²) < 4.78 is 0. The first-order chi connectivity index (χ1) is 11.1. The number of hydrogen-bond donors (Lipinski definition) is 3. The molecule has 0 atom stereocenters. The van der Waals surface area contributed by atoms with E-state index in [-0.39, 0.29) is 17.2 Å². The fraction of sp³-hybridized carbons (Fsp3) is 0.111. The fourth-order valence-electron chi connectivity index (χ4n) is 2.55. The third kappa shape index (κ3) is 2.94. The number of nitrogens with one attached hydrogen (secondary N) is 3. The summed E-state index contributed by atoms with van der Waals surface area (Å²) >= 11 is 0. The Balaban J connectivity index is 1.96. The highest BCUT2D eigenvalue weighted by molar-refractivity contribution is 6.06. The number of amides is 1. The van der Waals surface area contributed by atoms with Crippen LogP contribution in [-0.4, -0.2) is 16.1 Å². The number of H-pyrrole nitrogens is 2. The van der Waals surface area contributed by atoms with Crippen LogP contribution in [-0.2, 0) is 0 Å². The van der Waals surface area contributed by atoms with Gasteiger partial charge in [0.2, 0.25) is 0 Å². The Bertz CT molecular complexity index is 908. The fourth-order valence-corrected chi connectivity index (χ4v) is 2.55. The van der Waals surface area contributed by atoms with Crippen LogP contribution in [0.2, 0.25) is 0 Å². The average molecular weight is 307 g/mol. The van der Waals surface area contributed by atoms with E-state index >= 15 is 0 Å². The Labute approximate surface area is 133 Å². The van der Waals surface area contributed by atoms with Crippen LogP contribution in [0.25, 0.3) is 11.3 Å². The van der Waals surface area contributed by atoms with E-state index in [1.54, 1.807) is 6.07 Å². The summed E-state index contributed by atoms with van der Waals surface area (Å²) in [7, 11) is 0. The van der Waals surface area contributed by atoms with Gasteiger partial charge in [-0.25, -0.2) is 0 Å². The molecule has 1 aromatic heterocycles. The van der Waals surface area contributed by atoms with Crippen LogP contribution >= 0.6 is 0 Å². The van der Waals surface area contributed by atoms with E-state index in [0.717, 1.165) is 16.7 Å². The highest BCUT2D eigenvalue weighted by Crippen LogP contribution is 2.23. The predicted octanol–water partition coefficient (Wildman–Crippen LogP) is 3.24. The van der Waals surface area contributed by atoms with Crippen molar-refractivity contribution < 1.29 is 4.79 Å². The molecular formula is C18H17N3O2. The monoisotopic (exact) mass is 307 g/mol. The van der Waals surface area contributed by atoms with Gasteiger partial charge in [-0.05, 0) is 25.5 Å². The molecule has 0 saturated heterocycles. The molecule has 3 N–H and O–H groups in total. The van der Waals surface area contributed by atoms with Crippen molar-refractivity contribution in [3.8, 4) is 11.3 Å². The molecule has 5 heteroatoms. The van der Waals surface area contributed by atoms with Crippen LogP contribution < -0.4 is 10.9 Å². The van der Waals surface area contributed by atoms with Crippen LogP contribution in [0.4, 0.5) is 5.69 Å². The summed E-state index contributed by atoms with van der Waals surface area (Å²) in [5, 5.41) is 8.06. The maximum atomic E-state index is 12.5. The number of rotatable bonds is 3. The first-order valence-electron chi connectivity index (χ1n) is 7.31. The lowest BCUT2D eigenvalue weighted by atomic mass is 10.0. The predicted molar refractivity (Wildman–Crippen MR) is 90.7 cm³/mol. The highest BCUT2D eigenvalue weighted by atomic mass is 16.2. The van der Waals surface area contributed by atoms with Crippen LogP contribution in [0.1, 0.15) is 21.5 Å². The topological polar surface area (TPSA) is 77.8 Å². The smallest absolute Gasteiger partial charge is 0.288 e. The Hall–Kier alpha value is -3.08. The maximum Gasteiger partial charge on any atom is 0.288 e. The van der Waals surface area contributed by atoms with E-state index in [9.17, 15) is 9.59 Å². The van der Waals surface area contributed by atoms with Crippen molar-refractivity contribution in [2.75, 3.05) is 5.32 Å². The minimum absolute atomic E-state index is 0.223. The molecule has 0 radical (unpaired) electrons. The van der Waals surface area contributed by atoms with Gasteiger partial charge >= 0.3 is 0 Å². The van der Waals surface area contributed by atoms with Crippen LogP contribution in [0, 0.1) is 13.8 Å². The van der Waals surface area contributed by atoms with Crippen LogP contribution in [0.5, 0.6) is 0 Å². The number of carbonyl (C=O) groups excluding carboxylic acids is 1. The lowest BCUT2D eigenvalue weighted by Gasteiger charge is -2.08. The number of aromatic nitrogens is 2. The number of anilines is 1. The number of aryl methyl sites for hydroxylation is 2. The van der Waals surface area contributed by atoms with E-state index in [4.69, 9.17) is 0 Å². The van der Waals surface area contributed by atoms with Crippen molar-refractivity contribution in [3.05, 3.63) is 75.6 Å². The van der Waals surface area contributed by atoms with Crippen molar-refractivity contribution in [3.63, 3.8) is 0 Å². The molecule has 0 bridgehead atoms. The first-order valence-corrected chi connectivity index (χ1v) is 7.31. The zero-order valence-electron chi connectivity index (χ0n) is 12.9. The van der Waals surface area contributed by atoms with E-state index in [2.05, 4.69) is 15.5 Å². The van der Waals surface area contributed by atoms with Gasteiger partial charge in [0.25, 0.3) is 11.5 Å². The van der Waals surface area contributed by atoms with E-state index < -0.39 is 0 Å². The summed E-state index contributed by atoms with van der Waals surface area (Å²) in [4.78, 5) is 24.5. The maximum absolute atomic E-state index is 12.5. The van der Waals surface area contributed by atoms with E-state index in [1.165, 1.54) is 0 Å². The molecule has 0 spiro atoms. The van der Waals surface area contributed by atoms with Crippen molar-refractivity contribution in [2.45, 2.75) is 13.8 Å². The Morgan fingerprint density at radius 1 is 1.00 bits per heavy atom. The lowest BCUT2D eigenvalue weighted by Crippen LogP contribution is -2.18. The molecule has 1 amide bonds. The van der Waals surface area contributed by atoms with Crippen LogP contribution in [0.15, 0.2) is 53.3 Å². The molecule has 3 aromatic rings. The summed E-state index contributed by atoms with van der Waals surface area (Å²) in [5.41, 5.74) is 3.76. The third-order valence-corrected chi connectivity index (χ3v) is 3.71. The Morgan fingerprint density at radius 2 is 1.74 bits per heavy atom. The zero-order chi connectivity index (χ0) is 16.4. The van der Waals surface area contributed by atoms with Gasteiger partial charge in [-0.3, -0.25) is 19.8 Å². The molecule has 1 heterocycles. The standard InChI is InChI=1S/C18H17N3O2/c1-11-8-9-14(12(2)10-11)17(22)19-16-15(20-21-18(16)23)13-6-4-3-5-7-13/h3-10H,1-2H3,(H,19,22)(H2,20,21,23). The Morgan fingerprint density at radius 3 is 2.43 bits per heavy atom. The van der Waals surface area contributed by atoms with Gasteiger partial charge in [0.15, 0.2) is 0 Å². The third-order valence-electron chi connectivity index (χ3n) is 3.71. The second-order valence-electron chi connectivity index (χ2n) is 5.47. The molecule has 0 aliphatic carbocycles. The van der Waals surface area contributed by atoms with Gasteiger partial charge in [-0.2, -0.15) is 0 Å². The highest BCUT2D eigenvalue weighted by Gasteiger charge is 2.16. The second-order valence-corrected chi connectivity index (χ2v) is 5.47. The van der Waals surface area contributed by atoms with Gasteiger partial charge in [0.05, 0.1) is 5.69 Å². The molecule has 3 rings (SSSR count). The molecule has 0 aliphatic heterocycles. The van der Waals surface area contributed by atoms with Crippen molar-refractivity contribution >= 4 is 11.6 Å². The molecule has 23 heavy (non-hydrogen) atoms. The molecule has 0 unspecified atom stereocenters. The largest absolute Gasteiger partial charge is 0.316 e. The van der Waals surface area contributed by atoms with Gasteiger partial charge < -0.3 is 5.32 Å². The molecule has 5 nitrogen and oxygen atoms in total. The molecule has 2 aromatic carbocycles. The van der Waals surface area contributed by atoms with Crippen LogP contribution in [0.3, 0.4) is 0 Å². The summed E-state index contributed by atoms with van der Waals surface area (Å²) in [5.74, 6) is -0.301. The first kappa shape index (κ1) is 14.8. The zero-order valence-corrected chi connectivity index (χ0v) is 12.9. The van der Waals surface area contributed by atoms with E-state index in [1.807, 2.05) is 56.3 Å². The molecule has 0 aliphatic rings. The van der Waals surface area contributed by atoms with Gasteiger partial charge in [0.1, 0.15) is 5.69 Å². The van der Waals surface area contributed by atoms with Gasteiger partial charge in [-0.1, -0.05) is 48.0 Å². The number of hydrogen-bond acceptors (Lipinski definition) is 2. The molecule has 0 saturated carbocycles. The summed E-state index contributed by atoms with van der Waals surface area (Å²) in [6, 6.07) is 14.9. The second kappa shape index (κ2) is 5.96. The molecular weight excluding hydrogens is 290 g/mol. The van der Waals surface area contributed by atoms with Crippen molar-refractivity contribution in [2.24, 2.45) is 0 Å². The Kier molecular flexibility index (Phi) is 3.85. The number of aromatic amines is 2. The molecule has 116 valence electrons. The van der Waals surface area contributed by atoms with E-state index in [0.29, 0.717) is 11.3 Å². The molecule has 0 fully saturated rings. The number of benzene rings is 2. The lowest BCUT2D eigenvalue weighted by molar-refractivity contribution is 0.102. The normalized spacial score (nSPS) is 10.5.